The van der Waals surface area contributed by atoms with Crippen LogP contribution >= 0.6 is 23.2 Å². The molecule has 0 fully saturated rings. The van der Waals surface area contributed by atoms with E-state index in [-0.39, 0.29) is 0 Å². The van der Waals surface area contributed by atoms with Crippen LogP contribution in [0.5, 0.6) is 0 Å². The Bertz CT molecular complexity index is 492. The van der Waals surface area contributed by atoms with Crippen LogP contribution in [0.2, 0.25) is 10.3 Å². The van der Waals surface area contributed by atoms with Gasteiger partial charge in [-0.15, -0.1) is 0 Å². The highest BCUT2D eigenvalue weighted by atomic mass is 35.5. The lowest BCUT2D eigenvalue weighted by Gasteiger charge is -2.09. The first kappa shape index (κ1) is 10.6. The van der Waals surface area contributed by atoms with Crippen LogP contribution in [0, 0.1) is 5.92 Å². The zero-order chi connectivity index (χ0) is 11.0. The van der Waals surface area contributed by atoms with Crippen molar-refractivity contribution in [1.82, 2.24) is 19.6 Å². The molecule has 0 N–H and O–H groups in total. The molecule has 0 aromatic carbocycles. The highest BCUT2D eigenvalue weighted by Gasteiger charge is 2.14. The zero-order valence-corrected chi connectivity index (χ0v) is 9.92. The Morgan fingerprint density at radius 3 is 2.80 bits per heavy atom. The van der Waals surface area contributed by atoms with Crippen molar-refractivity contribution in [2.45, 2.75) is 20.3 Å². The Morgan fingerprint density at radius 2 is 2.13 bits per heavy atom. The first-order valence-electron chi connectivity index (χ1n) is 4.63. The van der Waals surface area contributed by atoms with Crippen molar-refractivity contribution in [2.75, 3.05) is 0 Å². The summed E-state index contributed by atoms with van der Waals surface area (Å²) in [6.45, 7) is 4.19. The Hall–Kier alpha value is -0.870. The van der Waals surface area contributed by atoms with Gasteiger partial charge in [0, 0.05) is 5.56 Å². The maximum atomic E-state index is 6.17. The van der Waals surface area contributed by atoms with Gasteiger partial charge in [-0.2, -0.15) is 19.6 Å². The minimum atomic E-state index is 0.411. The molecule has 2 rings (SSSR count). The minimum Gasteiger partial charge on any atom is -0.199 e. The van der Waals surface area contributed by atoms with Gasteiger partial charge in [0.05, 0.1) is 0 Å². The third-order valence-electron chi connectivity index (χ3n) is 2.02. The van der Waals surface area contributed by atoms with Crippen LogP contribution in [0.25, 0.3) is 5.78 Å². The van der Waals surface area contributed by atoms with Crippen molar-refractivity contribution in [3.05, 3.63) is 22.2 Å². The number of nitrogens with zero attached hydrogens (tertiary/aromatic N) is 4. The standard InChI is InChI=1S/C9H10Cl2N4/c1-5(2)3-6-7(10)14-9-12-4-13-15(9)8(6)11/h4-5H,3H2,1-2H3. The third-order valence-corrected chi connectivity index (χ3v) is 2.73. The second kappa shape index (κ2) is 3.94. The molecule has 0 aliphatic carbocycles. The molecule has 0 unspecified atom stereocenters. The van der Waals surface area contributed by atoms with Crippen molar-refractivity contribution in [1.29, 1.82) is 0 Å². The first-order chi connectivity index (χ1) is 7.09. The normalized spacial score (nSPS) is 11.5. The highest BCUT2D eigenvalue weighted by molar-refractivity contribution is 6.34. The van der Waals surface area contributed by atoms with Crippen LogP contribution in [0.4, 0.5) is 0 Å². The smallest absolute Gasteiger partial charge is 0.199 e. The van der Waals surface area contributed by atoms with E-state index in [4.69, 9.17) is 23.2 Å². The molecule has 0 atom stereocenters. The lowest BCUT2D eigenvalue weighted by atomic mass is 10.1. The summed E-state index contributed by atoms with van der Waals surface area (Å²) >= 11 is 12.2. The van der Waals surface area contributed by atoms with E-state index in [1.165, 1.54) is 10.8 Å². The van der Waals surface area contributed by atoms with Crippen molar-refractivity contribution in [3.63, 3.8) is 0 Å². The summed E-state index contributed by atoms with van der Waals surface area (Å²) in [5, 5.41) is 4.89. The first-order valence-corrected chi connectivity index (χ1v) is 5.38. The molecule has 15 heavy (non-hydrogen) atoms. The minimum absolute atomic E-state index is 0.411. The number of aromatic nitrogens is 4. The van der Waals surface area contributed by atoms with Gasteiger partial charge in [-0.05, 0) is 12.3 Å². The van der Waals surface area contributed by atoms with E-state index in [1.54, 1.807) is 0 Å². The third kappa shape index (κ3) is 1.92. The van der Waals surface area contributed by atoms with Crippen LogP contribution in [0.3, 0.4) is 0 Å². The van der Waals surface area contributed by atoms with E-state index in [2.05, 4.69) is 28.9 Å². The van der Waals surface area contributed by atoms with E-state index >= 15 is 0 Å². The maximum Gasteiger partial charge on any atom is 0.254 e. The van der Waals surface area contributed by atoms with Crippen LogP contribution in [-0.4, -0.2) is 19.6 Å². The van der Waals surface area contributed by atoms with Crippen LogP contribution in [-0.2, 0) is 6.42 Å². The number of rotatable bonds is 2. The monoisotopic (exact) mass is 244 g/mol. The molecule has 0 aliphatic heterocycles. The van der Waals surface area contributed by atoms with Crippen molar-refractivity contribution in [3.8, 4) is 0 Å². The highest BCUT2D eigenvalue weighted by Crippen LogP contribution is 2.25. The average molecular weight is 245 g/mol. The Labute approximate surface area is 97.2 Å². The van der Waals surface area contributed by atoms with Gasteiger partial charge in [0.15, 0.2) is 0 Å². The predicted octanol–water partition coefficient (Wildman–Crippen LogP) is 2.63. The number of halogens is 2. The molecule has 2 aromatic rings. The zero-order valence-electron chi connectivity index (χ0n) is 8.41. The summed E-state index contributed by atoms with van der Waals surface area (Å²) < 4.78 is 1.49. The summed E-state index contributed by atoms with van der Waals surface area (Å²) in [6.07, 6.45) is 2.18. The molecule has 2 heterocycles. The second-order valence-corrected chi connectivity index (χ2v) is 4.46. The summed E-state index contributed by atoms with van der Waals surface area (Å²) in [7, 11) is 0. The van der Waals surface area contributed by atoms with Crippen molar-refractivity contribution < 1.29 is 0 Å². The molecule has 0 spiro atoms. The van der Waals surface area contributed by atoms with Gasteiger partial charge in [0.1, 0.15) is 16.6 Å². The molecule has 0 saturated heterocycles. The molecule has 4 nitrogen and oxygen atoms in total. The Morgan fingerprint density at radius 1 is 1.40 bits per heavy atom. The van der Waals surface area contributed by atoms with Crippen molar-refractivity contribution >= 4 is 29.0 Å². The fraction of sp³-hybridized carbons (Fsp3) is 0.444. The molecule has 6 heteroatoms. The van der Waals surface area contributed by atoms with Gasteiger partial charge in [-0.3, -0.25) is 0 Å². The van der Waals surface area contributed by atoms with Gasteiger partial charge >= 0.3 is 0 Å². The van der Waals surface area contributed by atoms with Crippen LogP contribution < -0.4 is 0 Å². The molecule has 2 aromatic heterocycles. The fourth-order valence-electron chi connectivity index (χ4n) is 1.40. The average Bonchev–Trinajstić information content (AvgIpc) is 2.59. The van der Waals surface area contributed by atoms with Gasteiger partial charge in [0.25, 0.3) is 5.78 Å². The Kier molecular flexibility index (Phi) is 2.80. The summed E-state index contributed by atoms with van der Waals surface area (Å²) in [6, 6.07) is 0. The van der Waals surface area contributed by atoms with Crippen LogP contribution in [0.15, 0.2) is 6.33 Å². The van der Waals surface area contributed by atoms with Gasteiger partial charge in [-0.1, -0.05) is 37.0 Å². The predicted molar refractivity (Wildman–Crippen MR) is 59.3 cm³/mol. The summed E-state index contributed by atoms with van der Waals surface area (Å²) in [5.41, 5.74) is 0.825. The number of fused-ring (bicyclic) bond motifs is 1. The lowest BCUT2D eigenvalue weighted by Crippen LogP contribution is -2.03. The Balaban J connectivity index is 2.61. The van der Waals surface area contributed by atoms with E-state index in [9.17, 15) is 0 Å². The molecule has 80 valence electrons. The number of hydrogen-bond acceptors (Lipinski definition) is 3. The van der Waals surface area contributed by atoms with Gasteiger partial charge in [0.2, 0.25) is 0 Å². The molecule has 0 amide bonds. The molecular formula is C9H10Cl2N4. The molecule has 0 radical (unpaired) electrons. The van der Waals surface area contributed by atoms with Crippen molar-refractivity contribution in [2.24, 2.45) is 5.92 Å². The van der Waals surface area contributed by atoms with Gasteiger partial charge in [-0.25, -0.2) is 0 Å². The van der Waals surface area contributed by atoms with E-state index in [0.717, 1.165) is 12.0 Å². The molecule has 0 saturated carbocycles. The second-order valence-electron chi connectivity index (χ2n) is 3.74. The fourth-order valence-corrected chi connectivity index (χ4v) is 1.97. The van der Waals surface area contributed by atoms with Gasteiger partial charge < -0.3 is 0 Å². The van der Waals surface area contributed by atoms with Crippen LogP contribution in [0.1, 0.15) is 19.4 Å². The topological polar surface area (TPSA) is 43.1 Å². The van der Waals surface area contributed by atoms with E-state index in [1.807, 2.05) is 0 Å². The SMILES string of the molecule is CC(C)Cc1c(Cl)nc2ncnn2c1Cl. The maximum absolute atomic E-state index is 6.17. The lowest BCUT2D eigenvalue weighted by molar-refractivity contribution is 0.641. The summed E-state index contributed by atoms with van der Waals surface area (Å²) in [4.78, 5) is 8.05. The number of hydrogen-bond donors (Lipinski definition) is 0. The summed E-state index contributed by atoms with van der Waals surface area (Å²) in [5.74, 6) is 0.889. The van der Waals surface area contributed by atoms with E-state index in [0.29, 0.717) is 22.0 Å². The molecule has 0 aliphatic rings. The van der Waals surface area contributed by atoms with E-state index < -0.39 is 0 Å². The molecule has 0 bridgehead atoms. The largest absolute Gasteiger partial charge is 0.254 e. The molecular weight excluding hydrogens is 235 g/mol. The quantitative estimate of drug-likeness (QED) is 0.764.